The molecule has 6 heteroatoms. The van der Waals surface area contributed by atoms with Crippen LogP contribution < -0.4 is 0 Å². The van der Waals surface area contributed by atoms with Crippen LogP contribution in [0.2, 0.25) is 5.15 Å². The summed E-state index contributed by atoms with van der Waals surface area (Å²) in [7, 11) is 1.32. The van der Waals surface area contributed by atoms with E-state index in [-0.39, 0.29) is 6.61 Å². The number of aryl methyl sites for hydroxylation is 1. The molecule has 17 heavy (non-hydrogen) atoms. The molecular weight excluding hydrogens is 244 g/mol. The van der Waals surface area contributed by atoms with E-state index in [0.717, 1.165) is 5.69 Å². The summed E-state index contributed by atoms with van der Waals surface area (Å²) in [5.74, 6) is -0.00956. The molecule has 1 aromatic heterocycles. The molecule has 0 radical (unpaired) electrons. The van der Waals surface area contributed by atoms with E-state index in [0.29, 0.717) is 16.6 Å². The fourth-order valence-corrected chi connectivity index (χ4v) is 1.79. The second kappa shape index (κ2) is 4.71. The van der Waals surface area contributed by atoms with Gasteiger partial charge < -0.3 is 9.47 Å². The van der Waals surface area contributed by atoms with Crippen molar-refractivity contribution in [2.24, 2.45) is 4.99 Å². The van der Waals surface area contributed by atoms with Crippen molar-refractivity contribution in [3.05, 3.63) is 28.5 Å². The molecule has 0 aliphatic carbocycles. The monoisotopic (exact) mass is 254 g/mol. The van der Waals surface area contributed by atoms with Gasteiger partial charge >= 0.3 is 5.97 Å². The Labute approximate surface area is 103 Å². The molecule has 1 aromatic rings. The number of halogens is 1. The molecule has 1 aliphatic rings. The number of ether oxygens (including phenoxy) is 2. The SMILES string of the molecule is COC(=O)C1COC(c2cc(C)nc(Cl)c2)=N1. The first-order valence-corrected chi connectivity index (χ1v) is 5.41. The minimum absolute atomic E-state index is 0.195. The molecule has 0 saturated carbocycles. The van der Waals surface area contributed by atoms with E-state index in [1.807, 2.05) is 6.92 Å². The molecule has 0 aromatic carbocycles. The summed E-state index contributed by atoms with van der Waals surface area (Å²) in [6.07, 6.45) is 0. The summed E-state index contributed by atoms with van der Waals surface area (Å²) in [6, 6.07) is 2.85. The van der Waals surface area contributed by atoms with Crippen molar-refractivity contribution >= 4 is 23.5 Å². The van der Waals surface area contributed by atoms with Crippen molar-refractivity contribution in [2.75, 3.05) is 13.7 Å². The zero-order chi connectivity index (χ0) is 12.4. The molecule has 1 atom stereocenters. The molecule has 1 aliphatic heterocycles. The van der Waals surface area contributed by atoms with Crippen molar-refractivity contribution in [1.82, 2.24) is 4.98 Å². The van der Waals surface area contributed by atoms with Gasteiger partial charge in [0, 0.05) is 11.3 Å². The summed E-state index contributed by atoms with van der Waals surface area (Å²) >= 11 is 5.84. The van der Waals surface area contributed by atoms with E-state index in [1.165, 1.54) is 7.11 Å². The Hall–Kier alpha value is -1.62. The van der Waals surface area contributed by atoms with Crippen molar-refractivity contribution in [3.8, 4) is 0 Å². The van der Waals surface area contributed by atoms with Crippen LogP contribution in [-0.2, 0) is 14.3 Å². The Morgan fingerprint density at radius 2 is 2.35 bits per heavy atom. The van der Waals surface area contributed by atoms with Crippen LogP contribution in [-0.4, -0.2) is 36.6 Å². The van der Waals surface area contributed by atoms with E-state index >= 15 is 0 Å². The predicted molar refractivity (Wildman–Crippen MR) is 62.3 cm³/mol. The van der Waals surface area contributed by atoms with Crippen LogP contribution in [0, 0.1) is 6.92 Å². The molecule has 0 spiro atoms. The van der Waals surface area contributed by atoms with Gasteiger partial charge in [0.05, 0.1) is 7.11 Å². The van der Waals surface area contributed by atoms with Crippen LogP contribution in [0.25, 0.3) is 0 Å². The maximum Gasteiger partial charge on any atom is 0.334 e. The molecule has 0 N–H and O–H groups in total. The molecule has 0 saturated heterocycles. The Kier molecular flexibility index (Phi) is 3.28. The number of nitrogens with zero attached hydrogens (tertiary/aromatic N) is 2. The number of carbonyl (C=O) groups excluding carboxylic acids is 1. The smallest absolute Gasteiger partial charge is 0.334 e. The third kappa shape index (κ3) is 2.55. The number of rotatable bonds is 2. The lowest BCUT2D eigenvalue weighted by molar-refractivity contribution is -0.142. The standard InChI is InChI=1S/C11H11ClN2O3/c1-6-3-7(4-9(12)13-6)10-14-8(5-17-10)11(15)16-2/h3-4,8H,5H2,1-2H3. The molecule has 5 nitrogen and oxygen atoms in total. The molecule has 0 fully saturated rings. The topological polar surface area (TPSA) is 60.8 Å². The van der Waals surface area contributed by atoms with Crippen LogP contribution in [0.15, 0.2) is 17.1 Å². The van der Waals surface area contributed by atoms with Crippen LogP contribution in [0.4, 0.5) is 0 Å². The first-order chi connectivity index (χ1) is 8.10. The van der Waals surface area contributed by atoms with E-state index in [9.17, 15) is 4.79 Å². The maximum atomic E-state index is 11.3. The van der Waals surface area contributed by atoms with Gasteiger partial charge in [-0.2, -0.15) is 0 Å². The van der Waals surface area contributed by atoms with E-state index in [2.05, 4.69) is 14.7 Å². The molecule has 2 rings (SSSR count). The van der Waals surface area contributed by atoms with Crippen molar-refractivity contribution < 1.29 is 14.3 Å². The highest BCUT2D eigenvalue weighted by Gasteiger charge is 2.27. The normalized spacial score (nSPS) is 18.5. The Morgan fingerprint density at radius 1 is 1.59 bits per heavy atom. The second-order valence-electron chi connectivity index (χ2n) is 3.60. The van der Waals surface area contributed by atoms with E-state index < -0.39 is 12.0 Å². The van der Waals surface area contributed by atoms with Crippen LogP contribution >= 0.6 is 11.6 Å². The Morgan fingerprint density at radius 3 is 3.00 bits per heavy atom. The van der Waals surface area contributed by atoms with Crippen LogP contribution in [0.3, 0.4) is 0 Å². The molecule has 0 bridgehead atoms. The van der Waals surface area contributed by atoms with Crippen LogP contribution in [0.5, 0.6) is 0 Å². The summed E-state index contributed by atoms with van der Waals surface area (Å²) < 4.78 is 9.95. The van der Waals surface area contributed by atoms with Crippen LogP contribution in [0.1, 0.15) is 11.3 Å². The number of hydrogen-bond acceptors (Lipinski definition) is 5. The Balaban J connectivity index is 2.26. The molecule has 1 unspecified atom stereocenters. The Bertz CT molecular complexity index is 467. The van der Waals surface area contributed by atoms with Gasteiger partial charge in [-0.05, 0) is 19.1 Å². The molecule has 0 amide bonds. The molecule has 90 valence electrons. The van der Waals surface area contributed by atoms with Gasteiger partial charge in [-0.15, -0.1) is 0 Å². The molecular formula is C11H11ClN2O3. The number of carbonyl (C=O) groups is 1. The average Bonchev–Trinajstić information content (AvgIpc) is 2.76. The van der Waals surface area contributed by atoms with Gasteiger partial charge in [0.2, 0.25) is 5.90 Å². The quantitative estimate of drug-likeness (QED) is 0.591. The first kappa shape index (κ1) is 11.9. The van der Waals surface area contributed by atoms with Crippen molar-refractivity contribution in [3.63, 3.8) is 0 Å². The predicted octanol–water partition coefficient (Wildman–Crippen LogP) is 1.36. The number of esters is 1. The van der Waals surface area contributed by atoms with E-state index in [4.69, 9.17) is 16.3 Å². The summed E-state index contributed by atoms with van der Waals surface area (Å²) in [5.41, 5.74) is 1.48. The lowest BCUT2D eigenvalue weighted by Gasteiger charge is -2.02. The van der Waals surface area contributed by atoms with Gasteiger partial charge in [0.25, 0.3) is 0 Å². The van der Waals surface area contributed by atoms with Gasteiger partial charge in [-0.25, -0.2) is 14.8 Å². The minimum atomic E-state index is -0.595. The highest BCUT2D eigenvalue weighted by atomic mass is 35.5. The second-order valence-corrected chi connectivity index (χ2v) is 3.99. The average molecular weight is 255 g/mol. The summed E-state index contributed by atoms with van der Waals surface area (Å²) in [6.45, 7) is 2.02. The first-order valence-electron chi connectivity index (χ1n) is 5.03. The van der Waals surface area contributed by atoms with E-state index in [1.54, 1.807) is 12.1 Å². The fraction of sp³-hybridized carbons (Fsp3) is 0.364. The zero-order valence-electron chi connectivity index (χ0n) is 9.44. The van der Waals surface area contributed by atoms with Crippen molar-refractivity contribution in [2.45, 2.75) is 13.0 Å². The molecule has 2 heterocycles. The minimum Gasteiger partial charge on any atom is -0.475 e. The summed E-state index contributed by atoms with van der Waals surface area (Å²) in [4.78, 5) is 19.5. The number of aromatic nitrogens is 1. The number of pyridine rings is 1. The number of hydrogen-bond donors (Lipinski definition) is 0. The third-order valence-corrected chi connectivity index (χ3v) is 2.49. The summed E-state index contributed by atoms with van der Waals surface area (Å²) in [5, 5.41) is 0.368. The van der Waals surface area contributed by atoms with Crippen molar-refractivity contribution in [1.29, 1.82) is 0 Å². The highest BCUT2D eigenvalue weighted by molar-refractivity contribution is 6.29. The van der Waals surface area contributed by atoms with Gasteiger partial charge in [-0.1, -0.05) is 11.6 Å². The van der Waals surface area contributed by atoms with Gasteiger partial charge in [-0.3, -0.25) is 0 Å². The lowest BCUT2D eigenvalue weighted by Crippen LogP contribution is -2.21. The maximum absolute atomic E-state index is 11.3. The highest BCUT2D eigenvalue weighted by Crippen LogP contribution is 2.16. The van der Waals surface area contributed by atoms with Gasteiger partial charge in [0.1, 0.15) is 11.8 Å². The number of methoxy groups -OCH3 is 1. The van der Waals surface area contributed by atoms with Gasteiger partial charge in [0.15, 0.2) is 6.04 Å². The zero-order valence-corrected chi connectivity index (χ0v) is 10.2. The lowest BCUT2D eigenvalue weighted by atomic mass is 10.2. The third-order valence-electron chi connectivity index (χ3n) is 2.29. The largest absolute Gasteiger partial charge is 0.475 e. The fourth-order valence-electron chi connectivity index (χ4n) is 1.54. The number of aliphatic imine (C=N–C) groups is 1.